The Kier molecular flexibility index (Phi) is 6.36. The Morgan fingerprint density at radius 1 is 1.14 bits per heavy atom. The molecule has 2 atom stereocenters. The number of aryl methyl sites for hydroxylation is 1. The summed E-state index contributed by atoms with van der Waals surface area (Å²) < 4.78 is 47.5. The molecule has 0 saturated carbocycles. The molecule has 0 amide bonds. The largest absolute Gasteiger partial charge is 0.508 e. The Labute approximate surface area is 252 Å². The van der Waals surface area contributed by atoms with Crippen molar-refractivity contribution < 1.29 is 27.8 Å². The highest BCUT2D eigenvalue weighted by Gasteiger charge is 2.49. The van der Waals surface area contributed by atoms with Crippen molar-refractivity contribution in [1.82, 2.24) is 14.9 Å². The molecule has 4 aromatic rings. The molecular formula is C33H34F2N4O5. The average Bonchev–Trinajstić information content (AvgIpc) is 3.52. The van der Waals surface area contributed by atoms with E-state index in [1.807, 2.05) is 0 Å². The first-order chi connectivity index (χ1) is 21.2. The van der Waals surface area contributed by atoms with Gasteiger partial charge in [-0.25, -0.2) is 13.6 Å². The van der Waals surface area contributed by atoms with Crippen LogP contribution >= 0.6 is 0 Å². The number of aromatic nitrogens is 2. The van der Waals surface area contributed by atoms with Crippen LogP contribution in [0.4, 0.5) is 14.6 Å². The summed E-state index contributed by atoms with van der Waals surface area (Å²) in [5.41, 5.74) is 0.0332. The van der Waals surface area contributed by atoms with Crippen molar-refractivity contribution in [3.63, 3.8) is 0 Å². The number of fused-ring (bicyclic) bond motifs is 3. The number of anilines is 1. The van der Waals surface area contributed by atoms with Gasteiger partial charge in [0, 0.05) is 48.0 Å². The number of benzene rings is 2. The zero-order valence-electron chi connectivity index (χ0n) is 24.6. The van der Waals surface area contributed by atoms with Gasteiger partial charge in [0.15, 0.2) is 5.82 Å². The van der Waals surface area contributed by atoms with Crippen molar-refractivity contribution in [3.8, 4) is 23.1 Å². The number of nitrogens with zero attached hydrogens (tertiary/aromatic N) is 4. The topological polar surface area (TPSA) is 101 Å². The lowest BCUT2D eigenvalue weighted by molar-refractivity contribution is -0.117. The highest BCUT2D eigenvalue weighted by molar-refractivity contribution is 6.00. The first-order valence-electron chi connectivity index (χ1n) is 15.4. The maximum absolute atomic E-state index is 15.2. The van der Waals surface area contributed by atoms with E-state index in [4.69, 9.17) is 23.9 Å². The molecule has 4 aliphatic rings. The molecule has 8 rings (SSSR count). The molecule has 0 unspecified atom stereocenters. The van der Waals surface area contributed by atoms with Gasteiger partial charge in [-0.05, 0) is 62.7 Å². The van der Waals surface area contributed by atoms with Gasteiger partial charge < -0.3 is 23.9 Å². The molecule has 11 heteroatoms. The van der Waals surface area contributed by atoms with E-state index in [1.54, 1.807) is 19.1 Å². The van der Waals surface area contributed by atoms with Gasteiger partial charge in [-0.15, -0.1) is 0 Å². The van der Waals surface area contributed by atoms with Crippen molar-refractivity contribution in [2.45, 2.75) is 50.7 Å². The van der Waals surface area contributed by atoms with Crippen LogP contribution in [-0.4, -0.2) is 77.7 Å². The standard InChI is InChI=1S/C33H34F2N4O5/c1-19-27-26(30(41)44-28(19)23-12-22(40)11-20-5-2-6-24(35)25(20)23)29(38-9-3-7-32(15-38)16-42-17-32)37-31(36-27)43-18-33-8-4-10-39(33)14-21(34)13-33/h2,5-6,11-12,21,40H,3-4,7-10,13-18H2,1H3/t21-,33+/m1/s1. The van der Waals surface area contributed by atoms with Gasteiger partial charge in [-0.1, -0.05) is 12.1 Å². The van der Waals surface area contributed by atoms with Crippen molar-refractivity contribution in [2.75, 3.05) is 50.9 Å². The number of rotatable bonds is 5. The van der Waals surface area contributed by atoms with E-state index in [1.165, 1.54) is 18.2 Å². The molecule has 0 radical (unpaired) electrons. The van der Waals surface area contributed by atoms with Crippen LogP contribution in [-0.2, 0) is 4.74 Å². The summed E-state index contributed by atoms with van der Waals surface area (Å²) in [6, 6.07) is 7.55. The number of alkyl halides is 1. The van der Waals surface area contributed by atoms with Crippen molar-refractivity contribution >= 4 is 27.5 Å². The lowest BCUT2D eigenvalue weighted by Crippen LogP contribution is -2.54. The first-order valence-corrected chi connectivity index (χ1v) is 15.4. The number of phenolic OH excluding ortho intramolecular Hbond substituents is 1. The lowest BCUT2D eigenvalue weighted by atomic mass is 9.78. The summed E-state index contributed by atoms with van der Waals surface area (Å²) in [4.78, 5) is 27.7. The fraction of sp³-hybridized carbons (Fsp3) is 0.485. The Morgan fingerprint density at radius 2 is 1.98 bits per heavy atom. The Bertz CT molecular complexity index is 1860. The predicted molar refractivity (Wildman–Crippen MR) is 161 cm³/mol. The maximum Gasteiger partial charge on any atom is 0.349 e. The summed E-state index contributed by atoms with van der Waals surface area (Å²) in [7, 11) is 0. The maximum atomic E-state index is 15.2. The van der Waals surface area contributed by atoms with E-state index >= 15 is 4.39 Å². The molecule has 4 aliphatic heterocycles. The third-order valence-electron chi connectivity index (χ3n) is 10.1. The van der Waals surface area contributed by atoms with Crippen LogP contribution in [0.25, 0.3) is 33.0 Å². The number of ether oxygens (including phenoxy) is 2. The normalized spacial score (nSPS) is 24.7. The molecule has 1 spiro atoms. The molecule has 6 heterocycles. The SMILES string of the molecule is Cc1c(-c2cc(O)cc3cccc(F)c23)oc(=O)c2c(N3CCCC4(COC4)C3)nc(OC[C@@]34CCCN3C[C@H](F)C4)nc12. The third-order valence-corrected chi connectivity index (χ3v) is 10.1. The summed E-state index contributed by atoms with van der Waals surface area (Å²) in [6.45, 7) is 5.93. The van der Waals surface area contributed by atoms with E-state index in [0.717, 1.165) is 32.2 Å². The second-order valence-electron chi connectivity index (χ2n) is 13.1. The lowest BCUT2D eigenvalue weighted by Gasteiger charge is -2.48. The van der Waals surface area contributed by atoms with Crippen molar-refractivity contribution in [2.24, 2.45) is 5.41 Å². The number of phenols is 1. The molecule has 230 valence electrons. The molecule has 2 aromatic carbocycles. The second kappa shape index (κ2) is 10.1. The van der Waals surface area contributed by atoms with E-state index in [0.29, 0.717) is 61.6 Å². The van der Waals surface area contributed by atoms with Gasteiger partial charge in [-0.2, -0.15) is 9.97 Å². The fourth-order valence-electron chi connectivity index (χ4n) is 7.97. The van der Waals surface area contributed by atoms with Crippen LogP contribution in [0.3, 0.4) is 0 Å². The Morgan fingerprint density at radius 3 is 2.80 bits per heavy atom. The molecule has 44 heavy (non-hydrogen) atoms. The van der Waals surface area contributed by atoms with E-state index in [9.17, 15) is 14.3 Å². The predicted octanol–water partition coefficient (Wildman–Crippen LogP) is 5.13. The summed E-state index contributed by atoms with van der Waals surface area (Å²) in [5.74, 6) is -0.0429. The molecule has 0 bridgehead atoms. The summed E-state index contributed by atoms with van der Waals surface area (Å²) >= 11 is 0. The zero-order chi connectivity index (χ0) is 30.2. The van der Waals surface area contributed by atoms with E-state index < -0.39 is 23.2 Å². The van der Waals surface area contributed by atoms with E-state index in [2.05, 4.69) is 9.80 Å². The van der Waals surface area contributed by atoms with Gasteiger partial charge in [0.25, 0.3) is 0 Å². The number of halogens is 2. The van der Waals surface area contributed by atoms with Crippen LogP contribution in [0, 0.1) is 18.2 Å². The minimum Gasteiger partial charge on any atom is -0.508 e. The highest BCUT2D eigenvalue weighted by atomic mass is 19.1. The van der Waals surface area contributed by atoms with Crippen molar-refractivity contribution in [3.05, 3.63) is 52.1 Å². The summed E-state index contributed by atoms with van der Waals surface area (Å²) in [6.07, 6.45) is 3.28. The fourth-order valence-corrected chi connectivity index (χ4v) is 7.97. The molecule has 4 saturated heterocycles. The van der Waals surface area contributed by atoms with E-state index in [-0.39, 0.29) is 45.9 Å². The van der Waals surface area contributed by atoms with Gasteiger partial charge >= 0.3 is 11.6 Å². The summed E-state index contributed by atoms with van der Waals surface area (Å²) in [5, 5.41) is 11.4. The minimum absolute atomic E-state index is 0.00697. The van der Waals surface area contributed by atoms with Gasteiger partial charge in [0.2, 0.25) is 0 Å². The second-order valence-corrected chi connectivity index (χ2v) is 13.1. The van der Waals surface area contributed by atoms with Crippen LogP contribution in [0.15, 0.2) is 39.5 Å². The van der Waals surface area contributed by atoms with Crippen LogP contribution < -0.4 is 15.3 Å². The van der Waals surface area contributed by atoms with Crippen molar-refractivity contribution in [1.29, 1.82) is 0 Å². The number of hydrogen-bond acceptors (Lipinski definition) is 9. The van der Waals surface area contributed by atoms with Gasteiger partial charge in [0.05, 0.1) is 24.3 Å². The third kappa shape index (κ3) is 4.34. The number of aromatic hydroxyl groups is 1. The van der Waals surface area contributed by atoms with Crippen LogP contribution in [0.2, 0.25) is 0 Å². The van der Waals surface area contributed by atoms with Gasteiger partial charge in [0.1, 0.15) is 35.5 Å². The van der Waals surface area contributed by atoms with Crippen LogP contribution in [0.5, 0.6) is 11.8 Å². The average molecular weight is 605 g/mol. The molecule has 2 aromatic heterocycles. The number of hydrogen-bond donors (Lipinski definition) is 1. The van der Waals surface area contributed by atoms with Crippen LogP contribution in [0.1, 0.15) is 37.7 Å². The molecule has 1 N–H and O–H groups in total. The Hall–Kier alpha value is -3.83. The molecule has 9 nitrogen and oxygen atoms in total. The zero-order valence-corrected chi connectivity index (χ0v) is 24.6. The van der Waals surface area contributed by atoms with Gasteiger partial charge in [-0.3, -0.25) is 4.90 Å². The smallest absolute Gasteiger partial charge is 0.349 e. The molecule has 0 aliphatic carbocycles. The Balaban J connectivity index is 1.29. The molecule has 4 fully saturated rings. The molecular weight excluding hydrogens is 570 g/mol. The highest BCUT2D eigenvalue weighted by Crippen LogP contribution is 2.43. The number of piperidine rings is 1. The quantitative estimate of drug-likeness (QED) is 0.332. The first kappa shape index (κ1) is 27.7. The minimum atomic E-state index is -0.895. The monoisotopic (exact) mass is 604 g/mol.